The maximum atomic E-state index is 15.1. The number of rotatable bonds is 4. The predicted molar refractivity (Wildman–Crippen MR) is 137 cm³/mol. The number of hydrogen-bond acceptors (Lipinski definition) is 2. The molecule has 4 rings (SSSR count). The van der Waals surface area contributed by atoms with Crippen LogP contribution >= 0.6 is 0 Å². The van der Waals surface area contributed by atoms with E-state index >= 15 is 8.78 Å². The molecule has 12 heteroatoms. The zero-order valence-corrected chi connectivity index (χ0v) is 21.9. The third-order valence-corrected chi connectivity index (χ3v) is 6.17. The number of nitrogens with zero attached hydrogens (tertiary/aromatic N) is 2. The maximum Gasteiger partial charge on any atom is 0.458 e. The second kappa shape index (κ2) is 11.4. The first-order valence-electron chi connectivity index (χ1n) is 12.1. The molecule has 220 valence electrons. The van der Waals surface area contributed by atoms with Crippen LogP contribution in [0.15, 0.2) is 60.7 Å². The van der Waals surface area contributed by atoms with Crippen molar-refractivity contribution in [1.29, 1.82) is 0 Å². The lowest BCUT2D eigenvalue weighted by atomic mass is 9.84. The van der Waals surface area contributed by atoms with E-state index in [-0.39, 0.29) is 33.9 Å². The molecule has 0 spiro atoms. The molecule has 0 saturated heterocycles. The molecule has 0 bridgehead atoms. The fourth-order valence-electron chi connectivity index (χ4n) is 3.99. The van der Waals surface area contributed by atoms with Crippen LogP contribution in [0, 0.1) is 47.0 Å². The van der Waals surface area contributed by atoms with Crippen LogP contribution < -0.4 is 0 Å². The van der Waals surface area contributed by atoms with Gasteiger partial charge in [-0.15, -0.1) is 0 Å². The van der Waals surface area contributed by atoms with E-state index in [1.165, 1.54) is 48.2 Å². The largest absolute Gasteiger partial charge is 0.458 e. The summed E-state index contributed by atoms with van der Waals surface area (Å²) >= 11 is 0. The minimum absolute atomic E-state index is 0.0632. The van der Waals surface area contributed by atoms with E-state index < -0.39 is 52.2 Å². The van der Waals surface area contributed by atoms with Gasteiger partial charge in [0, 0.05) is 28.4 Å². The van der Waals surface area contributed by atoms with Gasteiger partial charge in [-0.3, -0.25) is 9.97 Å². The SMILES string of the molecule is CC(C)(c1cccc(-c2ccc(F)c(C#CC(F)(F)F)c2F)n1)c1cccc(-c2ccc(F)c(C#CC(F)(F)F)c2F)n1. The fourth-order valence-corrected chi connectivity index (χ4v) is 3.99. The highest BCUT2D eigenvalue weighted by Gasteiger charge is 2.29. The number of hydrogen-bond donors (Lipinski definition) is 0. The minimum Gasteiger partial charge on any atom is -0.252 e. The monoisotopic (exact) mass is 606 g/mol. The summed E-state index contributed by atoms with van der Waals surface area (Å²) in [6.45, 7) is 3.29. The molecular formula is C31H16F10N2. The van der Waals surface area contributed by atoms with Crippen LogP contribution in [0.3, 0.4) is 0 Å². The summed E-state index contributed by atoms with van der Waals surface area (Å²) in [5.41, 5.74) is -3.53. The standard InChI is InChI=1S/C31H16F10N2/c1-29(2,25-7-3-5-23(42-25)19-9-11-21(32)17(27(19)34)13-15-30(36,37)38)26-8-4-6-24(43-26)20-10-12-22(33)18(28(20)35)14-16-31(39,40)41/h3-12H,1-2H3. The number of halogens is 10. The van der Waals surface area contributed by atoms with E-state index in [0.29, 0.717) is 0 Å². The van der Waals surface area contributed by atoms with Crippen LogP contribution in [0.25, 0.3) is 22.5 Å². The van der Waals surface area contributed by atoms with Crippen molar-refractivity contribution >= 4 is 0 Å². The Morgan fingerprint density at radius 3 is 1.26 bits per heavy atom. The normalized spacial score (nSPS) is 11.8. The quantitative estimate of drug-likeness (QED) is 0.172. The number of aromatic nitrogens is 2. The molecule has 0 atom stereocenters. The summed E-state index contributed by atoms with van der Waals surface area (Å²) < 4.78 is 134. The molecular weight excluding hydrogens is 590 g/mol. The molecule has 0 saturated carbocycles. The van der Waals surface area contributed by atoms with Gasteiger partial charge in [-0.2, -0.15) is 26.3 Å². The lowest BCUT2D eigenvalue weighted by Crippen LogP contribution is -2.22. The van der Waals surface area contributed by atoms with Crippen molar-refractivity contribution in [3.05, 3.63) is 106 Å². The summed E-state index contributed by atoms with van der Waals surface area (Å²) in [4.78, 5) is 8.81. The first-order chi connectivity index (χ1) is 20.0. The van der Waals surface area contributed by atoms with Gasteiger partial charge in [-0.1, -0.05) is 24.0 Å². The molecule has 43 heavy (non-hydrogen) atoms. The Morgan fingerprint density at radius 1 is 0.535 bits per heavy atom. The van der Waals surface area contributed by atoms with Gasteiger partial charge in [-0.25, -0.2) is 17.6 Å². The van der Waals surface area contributed by atoms with E-state index in [4.69, 9.17) is 0 Å². The van der Waals surface area contributed by atoms with Gasteiger partial charge < -0.3 is 0 Å². The molecule has 0 radical (unpaired) electrons. The lowest BCUT2D eigenvalue weighted by molar-refractivity contribution is -0.0706. The smallest absolute Gasteiger partial charge is 0.252 e. The first kappa shape index (κ1) is 31.1. The Morgan fingerprint density at radius 2 is 0.907 bits per heavy atom. The molecule has 0 aliphatic heterocycles. The van der Waals surface area contributed by atoms with Gasteiger partial charge in [0.05, 0.1) is 33.9 Å². The van der Waals surface area contributed by atoms with Gasteiger partial charge in [0.25, 0.3) is 0 Å². The Balaban J connectivity index is 1.76. The van der Waals surface area contributed by atoms with E-state index in [9.17, 15) is 35.1 Å². The fraction of sp³-hybridized carbons (Fsp3) is 0.161. The molecule has 0 aliphatic rings. The van der Waals surface area contributed by atoms with Crippen molar-refractivity contribution in [3.63, 3.8) is 0 Å². The Hall–Kier alpha value is -4.84. The van der Waals surface area contributed by atoms with Crippen LogP contribution in [0.5, 0.6) is 0 Å². The zero-order valence-electron chi connectivity index (χ0n) is 21.9. The molecule has 2 nitrogen and oxygen atoms in total. The van der Waals surface area contributed by atoms with Gasteiger partial charge in [0.2, 0.25) is 0 Å². The van der Waals surface area contributed by atoms with Crippen molar-refractivity contribution in [2.45, 2.75) is 31.6 Å². The second-order valence-electron chi connectivity index (χ2n) is 9.50. The lowest BCUT2D eigenvalue weighted by Gasteiger charge is -2.25. The molecule has 0 aliphatic carbocycles. The second-order valence-corrected chi connectivity index (χ2v) is 9.50. The summed E-state index contributed by atoms with van der Waals surface area (Å²) in [5.74, 6) is -0.683. The minimum atomic E-state index is -4.98. The van der Waals surface area contributed by atoms with Crippen LogP contribution in [-0.2, 0) is 5.41 Å². The van der Waals surface area contributed by atoms with Gasteiger partial charge in [0.15, 0.2) is 11.6 Å². The summed E-state index contributed by atoms with van der Waals surface area (Å²) in [6.07, 6.45) is -9.96. The molecule has 0 unspecified atom stereocenters. The Labute approximate surface area is 238 Å². The van der Waals surface area contributed by atoms with Crippen LogP contribution in [0.4, 0.5) is 43.9 Å². The maximum absolute atomic E-state index is 15.1. The molecule has 0 amide bonds. The van der Waals surface area contributed by atoms with Crippen LogP contribution in [0.2, 0.25) is 0 Å². The average Bonchev–Trinajstić information content (AvgIpc) is 2.92. The average molecular weight is 606 g/mol. The highest BCUT2D eigenvalue weighted by atomic mass is 19.4. The van der Waals surface area contributed by atoms with Crippen molar-refractivity contribution < 1.29 is 43.9 Å². The number of pyridine rings is 2. The van der Waals surface area contributed by atoms with Crippen molar-refractivity contribution in [3.8, 4) is 46.2 Å². The van der Waals surface area contributed by atoms with E-state index in [2.05, 4.69) is 9.97 Å². The third-order valence-electron chi connectivity index (χ3n) is 6.17. The molecule has 0 fully saturated rings. The molecule has 2 aromatic carbocycles. The van der Waals surface area contributed by atoms with Gasteiger partial charge in [-0.05, 0) is 62.4 Å². The van der Waals surface area contributed by atoms with Crippen molar-refractivity contribution in [2.75, 3.05) is 0 Å². The summed E-state index contributed by atoms with van der Waals surface area (Å²) in [6, 6.07) is 12.2. The topological polar surface area (TPSA) is 25.8 Å². The highest BCUT2D eigenvalue weighted by Crippen LogP contribution is 2.34. The van der Waals surface area contributed by atoms with Gasteiger partial charge >= 0.3 is 12.4 Å². The van der Waals surface area contributed by atoms with Crippen LogP contribution in [0.1, 0.15) is 36.4 Å². The van der Waals surface area contributed by atoms with Crippen molar-refractivity contribution in [1.82, 2.24) is 9.97 Å². The van der Waals surface area contributed by atoms with E-state index in [0.717, 1.165) is 36.1 Å². The Kier molecular flexibility index (Phi) is 8.28. The van der Waals surface area contributed by atoms with Gasteiger partial charge in [0.1, 0.15) is 11.6 Å². The van der Waals surface area contributed by atoms with E-state index in [1.54, 1.807) is 13.8 Å². The van der Waals surface area contributed by atoms with Crippen LogP contribution in [-0.4, -0.2) is 22.3 Å². The molecule has 2 aromatic heterocycles. The molecule has 2 heterocycles. The number of alkyl halides is 6. The third kappa shape index (κ3) is 6.97. The Bertz CT molecular complexity index is 1700. The van der Waals surface area contributed by atoms with E-state index in [1.807, 2.05) is 0 Å². The number of benzene rings is 2. The molecule has 4 aromatic rings. The zero-order chi connectivity index (χ0) is 31.7. The predicted octanol–water partition coefficient (Wildman–Crippen LogP) is 8.52. The molecule has 0 N–H and O–H groups in total. The summed E-state index contributed by atoms with van der Waals surface area (Å²) in [5, 5.41) is 0. The first-order valence-corrected chi connectivity index (χ1v) is 12.1. The summed E-state index contributed by atoms with van der Waals surface area (Å²) in [7, 11) is 0. The van der Waals surface area contributed by atoms with Crippen molar-refractivity contribution in [2.24, 2.45) is 0 Å². The highest BCUT2D eigenvalue weighted by molar-refractivity contribution is 5.65.